The van der Waals surface area contributed by atoms with Crippen LogP contribution in [-0.4, -0.2) is 28.8 Å². The van der Waals surface area contributed by atoms with Crippen molar-refractivity contribution in [3.05, 3.63) is 18.2 Å². The zero-order valence-electron chi connectivity index (χ0n) is 12.5. The average molecular weight is 265 g/mol. The smallest absolute Gasteiger partial charge is 0.128 e. The van der Waals surface area contributed by atoms with E-state index in [2.05, 4.69) is 34.9 Å². The van der Waals surface area contributed by atoms with Gasteiger partial charge in [0.15, 0.2) is 0 Å². The van der Waals surface area contributed by atoms with Gasteiger partial charge in [0.05, 0.1) is 11.6 Å². The van der Waals surface area contributed by atoms with Crippen LogP contribution in [0.4, 0.5) is 0 Å². The van der Waals surface area contributed by atoms with Crippen LogP contribution in [0.15, 0.2) is 12.4 Å². The minimum Gasteiger partial charge on any atom is -0.373 e. The number of hydrogen-bond acceptors (Lipinski definition) is 3. The Morgan fingerprint density at radius 3 is 2.74 bits per heavy atom. The Morgan fingerprint density at radius 1 is 1.42 bits per heavy atom. The number of ether oxygens (including phenoxy) is 1. The van der Waals surface area contributed by atoms with Crippen LogP contribution in [0.5, 0.6) is 0 Å². The first-order valence-corrected chi connectivity index (χ1v) is 7.59. The fourth-order valence-electron chi connectivity index (χ4n) is 3.42. The lowest BCUT2D eigenvalue weighted by atomic mass is 9.91. The zero-order chi connectivity index (χ0) is 13.7. The van der Waals surface area contributed by atoms with Crippen LogP contribution >= 0.6 is 0 Å². The molecule has 1 aromatic heterocycles. The fraction of sp³-hybridized carbons (Fsp3) is 0.800. The third kappa shape index (κ3) is 2.84. The molecule has 0 bridgehead atoms. The van der Waals surface area contributed by atoms with Crippen LogP contribution in [0, 0.1) is 0 Å². The second kappa shape index (κ2) is 6.53. The summed E-state index contributed by atoms with van der Waals surface area (Å²) in [5.41, 5.74) is -0.0691. The van der Waals surface area contributed by atoms with Gasteiger partial charge in [0.1, 0.15) is 5.82 Å². The molecule has 1 fully saturated rings. The first kappa shape index (κ1) is 14.5. The SMILES string of the molecule is CCCn1ccnc1C(NC)C1(OCC)CCCC1. The van der Waals surface area contributed by atoms with E-state index in [1.807, 2.05) is 13.2 Å². The second-order valence-corrected chi connectivity index (χ2v) is 5.41. The highest BCUT2D eigenvalue weighted by molar-refractivity contribution is 5.09. The Bertz CT molecular complexity index is 382. The molecule has 4 nitrogen and oxygen atoms in total. The fourth-order valence-corrected chi connectivity index (χ4v) is 3.42. The molecule has 1 atom stereocenters. The molecule has 1 aliphatic rings. The van der Waals surface area contributed by atoms with E-state index in [1.54, 1.807) is 0 Å². The van der Waals surface area contributed by atoms with E-state index >= 15 is 0 Å². The summed E-state index contributed by atoms with van der Waals surface area (Å²) in [4.78, 5) is 4.60. The molecular weight excluding hydrogens is 238 g/mol. The third-order valence-corrected chi connectivity index (χ3v) is 4.17. The summed E-state index contributed by atoms with van der Waals surface area (Å²) in [5.74, 6) is 1.12. The molecule has 0 amide bonds. The number of rotatable bonds is 7. The van der Waals surface area contributed by atoms with Crippen molar-refractivity contribution in [1.29, 1.82) is 0 Å². The largest absolute Gasteiger partial charge is 0.373 e. The van der Waals surface area contributed by atoms with Crippen molar-refractivity contribution >= 4 is 0 Å². The summed E-state index contributed by atoms with van der Waals surface area (Å²) in [6.45, 7) is 6.08. The highest BCUT2D eigenvalue weighted by Crippen LogP contribution is 2.42. The van der Waals surface area contributed by atoms with E-state index in [1.165, 1.54) is 12.8 Å². The lowest BCUT2D eigenvalue weighted by Gasteiger charge is -2.37. The molecule has 0 radical (unpaired) electrons. The minimum absolute atomic E-state index is 0.0691. The molecule has 0 aromatic carbocycles. The maximum Gasteiger partial charge on any atom is 0.128 e. The first-order valence-electron chi connectivity index (χ1n) is 7.59. The van der Waals surface area contributed by atoms with Crippen molar-refractivity contribution in [1.82, 2.24) is 14.9 Å². The lowest BCUT2D eigenvalue weighted by Crippen LogP contribution is -2.44. The maximum absolute atomic E-state index is 6.18. The summed E-state index contributed by atoms with van der Waals surface area (Å²) in [7, 11) is 2.02. The van der Waals surface area contributed by atoms with Gasteiger partial charge >= 0.3 is 0 Å². The molecule has 1 heterocycles. The van der Waals surface area contributed by atoms with Crippen LogP contribution in [-0.2, 0) is 11.3 Å². The number of nitrogens with one attached hydrogen (secondary N) is 1. The number of aromatic nitrogens is 2. The summed E-state index contributed by atoms with van der Waals surface area (Å²) in [5, 5.41) is 3.46. The van der Waals surface area contributed by atoms with E-state index in [4.69, 9.17) is 4.74 Å². The molecule has 1 unspecified atom stereocenters. The Hall–Kier alpha value is -0.870. The van der Waals surface area contributed by atoms with Crippen molar-refractivity contribution in [3.63, 3.8) is 0 Å². The van der Waals surface area contributed by atoms with Gasteiger partial charge in [0, 0.05) is 25.5 Å². The molecular formula is C15H27N3O. The number of nitrogens with zero attached hydrogens (tertiary/aromatic N) is 2. The molecule has 4 heteroatoms. The van der Waals surface area contributed by atoms with Gasteiger partial charge in [-0.3, -0.25) is 0 Å². The van der Waals surface area contributed by atoms with Crippen molar-refractivity contribution in [2.24, 2.45) is 0 Å². The van der Waals surface area contributed by atoms with Gasteiger partial charge in [-0.2, -0.15) is 0 Å². The highest BCUT2D eigenvalue weighted by Gasteiger charge is 2.44. The summed E-state index contributed by atoms with van der Waals surface area (Å²) in [6, 6.07) is 0.191. The van der Waals surface area contributed by atoms with Gasteiger partial charge in [-0.1, -0.05) is 19.8 Å². The van der Waals surface area contributed by atoms with Gasteiger partial charge in [-0.25, -0.2) is 4.98 Å². The molecule has 1 aliphatic carbocycles. The number of likely N-dealkylation sites (N-methyl/N-ethyl adjacent to an activating group) is 1. The normalized spacial score (nSPS) is 19.7. The van der Waals surface area contributed by atoms with Gasteiger partial charge < -0.3 is 14.6 Å². The van der Waals surface area contributed by atoms with Crippen LogP contribution < -0.4 is 5.32 Å². The van der Waals surface area contributed by atoms with E-state index in [9.17, 15) is 0 Å². The quantitative estimate of drug-likeness (QED) is 0.824. The van der Waals surface area contributed by atoms with Crippen molar-refractivity contribution in [2.75, 3.05) is 13.7 Å². The van der Waals surface area contributed by atoms with Gasteiger partial charge in [0.2, 0.25) is 0 Å². The summed E-state index contributed by atoms with van der Waals surface area (Å²) < 4.78 is 8.45. The molecule has 0 aliphatic heterocycles. The third-order valence-electron chi connectivity index (χ3n) is 4.17. The van der Waals surface area contributed by atoms with Gasteiger partial charge in [-0.05, 0) is 33.2 Å². The van der Waals surface area contributed by atoms with Crippen molar-refractivity contribution < 1.29 is 4.74 Å². The summed E-state index contributed by atoms with van der Waals surface area (Å²) in [6.07, 6.45) is 9.89. The second-order valence-electron chi connectivity index (χ2n) is 5.41. The topological polar surface area (TPSA) is 39.1 Å². The molecule has 1 N–H and O–H groups in total. The maximum atomic E-state index is 6.18. The Balaban J connectivity index is 2.28. The number of aryl methyl sites for hydroxylation is 1. The van der Waals surface area contributed by atoms with Gasteiger partial charge in [-0.15, -0.1) is 0 Å². The molecule has 2 rings (SSSR count). The van der Waals surface area contributed by atoms with Crippen LogP contribution in [0.3, 0.4) is 0 Å². The Kier molecular flexibility index (Phi) is 4.99. The molecule has 19 heavy (non-hydrogen) atoms. The number of imidazole rings is 1. The van der Waals surface area contributed by atoms with Crippen molar-refractivity contribution in [2.45, 2.75) is 64.1 Å². The number of hydrogen-bond donors (Lipinski definition) is 1. The monoisotopic (exact) mass is 265 g/mol. The standard InChI is InChI=1S/C15H27N3O/c1-4-11-18-12-10-17-14(18)13(16-3)15(19-5-2)8-6-7-9-15/h10,12-13,16H,4-9,11H2,1-3H3. The predicted molar refractivity (Wildman–Crippen MR) is 77.1 cm³/mol. The molecule has 1 aromatic rings. The van der Waals surface area contributed by atoms with Crippen molar-refractivity contribution in [3.8, 4) is 0 Å². The van der Waals surface area contributed by atoms with E-state index in [0.717, 1.165) is 38.2 Å². The molecule has 108 valence electrons. The average Bonchev–Trinajstić information content (AvgIpc) is 3.03. The predicted octanol–water partition coefficient (Wildman–Crippen LogP) is 2.90. The highest BCUT2D eigenvalue weighted by atomic mass is 16.5. The Morgan fingerprint density at radius 2 is 2.16 bits per heavy atom. The van der Waals surface area contributed by atoms with E-state index in [0.29, 0.717) is 0 Å². The zero-order valence-corrected chi connectivity index (χ0v) is 12.5. The summed E-state index contributed by atoms with van der Waals surface area (Å²) >= 11 is 0. The van der Waals surface area contributed by atoms with Crippen LogP contribution in [0.1, 0.15) is 57.8 Å². The minimum atomic E-state index is -0.0691. The van der Waals surface area contributed by atoms with Crippen LogP contribution in [0.2, 0.25) is 0 Å². The van der Waals surface area contributed by atoms with E-state index in [-0.39, 0.29) is 11.6 Å². The first-order chi connectivity index (χ1) is 9.27. The van der Waals surface area contributed by atoms with E-state index < -0.39 is 0 Å². The Labute approximate surface area is 116 Å². The van der Waals surface area contributed by atoms with Gasteiger partial charge in [0.25, 0.3) is 0 Å². The molecule has 1 saturated carbocycles. The van der Waals surface area contributed by atoms with Crippen LogP contribution in [0.25, 0.3) is 0 Å². The lowest BCUT2D eigenvalue weighted by molar-refractivity contribution is -0.0636. The molecule has 0 spiro atoms. The molecule has 0 saturated heterocycles.